The molecule has 6 heteroatoms. The molecule has 0 unspecified atom stereocenters. The van der Waals surface area contributed by atoms with Gasteiger partial charge < -0.3 is 4.90 Å². The summed E-state index contributed by atoms with van der Waals surface area (Å²) in [7, 11) is 5.41. The third-order valence-corrected chi connectivity index (χ3v) is 2.75. The largest absolute Gasteiger partial charge is 0.336 e. The summed E-state index contributed by atoms with van der Waals surface area (Å²) in [5.74, 6) is -0.0399. The number of amides is 1. The Labute approximate surface area is 106 Å². The van der Waals surface area contributed by atoms with E-state index in [1.54, 1.807) is 40.6 Å². The molecule has 0 radical (unpaired) electrons. The topological polar surface area (TPSA) is 56.0 Å². The third kappa shape index (κ3) is 2.42. The normalized spacial score (nSPS) is 10.7. The molecule has 0 fully saturated rings. The van der Waals surface area contributed by atoms with Crippen LogP contribution in [0.5, 0.6) is 0 Å². The number of nitrogens with zero attached hydrogens (tertiary/aromatic N) is 5. The van der Waals surface area contributed by atoms with E-state index in [-0.39, 0.29) is 5.91 Å². The molecule has 0 aliphatic rings. The Balaban J connectivity index is 2.11. The maximum Gasteiger partial charge on any atom is 0.272 e. The van der Waals surface area contributed by atoms with Crippen molar-refractivity contribution >= 4 is 5.91 Å². The number of carbonyl (C=O) groups is 1. The third-order valence-electron chi connectivity index (χ3n) is 2.75. The molecule has 2 aromatic heterocycles. The Morgan fingerprint density at radius 2 is 2.17 bits per heavy atom. The van der Waals surface area contributed by atoms with Crippen LogP contribution in [-0.4, -0.2) is 37.4 Å². The van der Waals surface area contributed by atoms with E-state index in [2.05, 4.69) is 10.2 Å². The van der Waals surface area contributed by atoms with Crippen molar-refractivity contribution in [3.8, 4) is 0 Å². The molecule has 0 N–H and O–H groups in total. The first-order valence-electron chi connectivity index (χ1n) is 5.71. The molecule has 0 atom stereocenters. The van der Waals surface area contributed by atoms with Gasteiger partial charge in [0.15, 0.2) is 0 Å². The molecule has 0 bridgehead atoms. The molecular weight excluding hydrogens is 230 g/mol. The number of aromatic nitrogens is 4. The predicted octanol–water partition coefficient (Wildman–Crippen LogP) is 0.734. The number of hydrogen-bond acceptors (Lipinski definition) is 3. The van der Waals surface area contributed by atoms with E-state index in [0.717, 1.165) is 11.3 Å². The van der Waals surface area contributed by atoms with Crippen LogP contribution in [0.3, 0.4) is 0 Å². The molecule has 0 aliphatic heterocycles. The number of aryl methyl sites for hydroxylation is 3. The van der Waals surface area contributed by atoms with Gasteiger partial charge in [0.05, 0.1) is 11.9 Å². The van der Waals surface area contributed by atoms with Crippen molar-refractivity contribution in [2.24, 2.45) is 14.1 Å². The van der Waals surface area contributed by atoms with E-state index in [4.69, 9.17) is 0 Å². The molecule has 0 saturated heterocycles. The van der Waals surface area contributed by atoms with Gasteiger partial charge in [0.2, 0.25) is 0 Å². The number of rotatable bonds is 3. The fraction of sp³-hybridized carbons (Fsp3) is 0.417. The van der Waals surface area contributed by atoms with Gasteiger partial charge in [-0.05, 0) is 13.0 Å². The Morgan fingerprint density at radius 1 is 1.44 bits per heavy atom. The molecular formula is C12H17N5O. The minimum atomic E-state index is -0.0399. The van der Waals surface area contributed by atoms with E-state index in [0.29, 0.717) is 12.2 Å². The Bertz CT molecular complexity index is 569. The van der Waals surface area contributed by atoms with Crippen LogP contribution in [0.4, 0.5) is 0 Å². The summed E-state index contributed by atoms with van der Waals surface area (Å²) in [6, 6.07) is 1.79. The van der Waals surface area contributed by atoms with Crippen molar-refractivity contribution in [2.75, 3.05) is 7.05 Å². The smallest absolute Gasteiger partial charge is 0.272 e. The molecule has 0 aromatic carbocycles. The molecule has 6 nitrogen and oxygen atoms in total. The summed E-state index contributed by atoms with van der Waals surface area (Å²) in [6.45, 7) is 2.41. The highest BCUT2D eigenvalue weighted by molar-refractivity contribution is 5.92. The summed E-state index contributed by atoms with van der Waals surface area (Å²) in [5.41, 5.74) is 2.45. The molecule has 96 valence electrons. The van der Waals surface area contributed by atoms with Gasteiger partial charge in [0.1, 0.15) is 5.69 Å². The lowest BCUT2D eigenvalue weighted by Gasteiger charge is -2.15. The highest BCUT2D eigenvalue weighted by Crippen LogP contribution is 2.08. The molecule has 2 rings (SSSR count). The fourth-order valence-corrected chi connectivity index (χ4v) is 1.91. The van der Waals surface area contributed by atoms with Crippen molar-refractivity contribution < 1.29 is 4.79 Å². The van der Waals surface area contributed by atoms with Crippen molar-refractivity contribution in [3.05, 3.63) is 35.4 Å². The lowest BCUT2D eigenvalue weighted by Crippen LogP contribution is -2.27. The summed E-state index contributed by atoms with van der Waals surface area (Å²) < 4.78 is 3.33. The van der Waals surface area contributed by atoms with Crippen LogP contribution in [0.25, 0.3) is 0 Å². The van der Waals surface area contributed by atoms with Gasteiger partial charge >= 0.3 is 0 Å². The van der Waals surface area contributed by atoms with Gasteiger partial charge in [-0.25, -0.2) is 0 Å². The van der Waals surface area contributed by atoms with E-state index in [1.165, 1.54) is 0 Å². The quantitative estimate of drug-likeness (QED) is 0.803. The van der Waals surface area contributed by atoms with E-state index >= 15 is 0 Å². The monoisotopic (exact) mass is 247 g/mol. The van der Waals surface area contributed by atoms with Gasteiger partial charge in [0.25, 0.3) is 5.91 Å². The fourth-order valence-electron chi connectivity index (χ4n) is 1.91. The summed E-state index contributed by atoms with van der Waals surface area (Å²) in [4.78, 5) is 13.9. The second kappa shape index (κ2) is 4.64. The minimum absolute atomic E-state index is 0.0399. The SMILES string of the molecule is Cc1cc(C(=O)N(C)Cc2cnn(C)c2)n(C)n1. The van der Waals surface area contributed by atoms with Gasteiger partial charge in [-0.1, -0.05) is 0 Å². The van der Waals surface area contributed by atoms with Gasteiger partial charge in [0, 0.05) is 39.4 Å². The average Bonchev–Trinajstić information content (AvgIpc) is 2.84. The van der Waals surface area contributed by atoms with Gasteiger partial charge in [-0.15, -0.1) is 0 Å². The van der Waals surface area contributed by atoms with E-state index in [1.807, 2.05) is 20.2 Å². The van der Waals surface area contributed by atoms with Crippen LogP contribution in [0, 0.1) is 6.92 Å². The van der Waals surface area contributed by atoms with Crippen molar-refractivity contribution in [1.29, 1.82) is 0 Å². The van der Waals surface area contributed by atoms with Crippen molar-refractivity contribution in [2.45, 2.75) is 13.5 Å². The molecule has 18 heavy (non-hydrogen) atoms. The first-order valence-corrected chi connectivity index (χ1v) is 5.71. The zero-order chi connectivity index (χ0) is 13.3. The minimum Gasteiger partial charge on any atom is -0.336 e. The Morgan fingerprint density at radius 3 is 2.67 bits per heavy atom. The first-order chi connectivity index (χ1) is 8.47. The lowest BCUT2D eigenvalue weighted by atomic mass is 10.3. The molecule has 0 saturated carbocycles. The van der Waals surface area contributed by atoms with E-state index in [9.17, 15) is 4.79 Å². The lowest BCUT2D eigenvalue weighted by molar-refractivity contribution is 0.0774. The maximum absolute atomic E-state index is 12.2. The predicted molar refractivity (Wildman–Crippen MR) is 67.0 cm³/mol. The number of hydrogen-bond donors (Lipinski definition) is 0. The molecule has 2 aromatic rings. The van der Waals surface area contributed by atoms with Crippen LogP contribution in [0.2, 0.25) is 0 Å². The van der Waals surface area contributed by atoms with Gasteiger partial charge in [-0.2, -0.15) is 10.2 Å². The van der Waals surface area contributed by atoms with Crippen LogP contribution in [0.1, 0.15) is 21.7 Å². The van der Waals surface area contributed by atoms with Crippen LogP contribution >= 0.6 is 0 Å². The highest BCUT2D eigenvalue weighted by atomic mass is 16.2. The van der Waals surface area contributed by atoms with Crippen LogP contribution < -0.4 is 0 Å². The van der Waals surface area contributed by atoms with Crippen molar-refractivity contribution in [1.82, 2.24) is 24.5 Å². The Kier molecular flexibility index (Phi) is 3.18. The summed E-state index contributed by atoms with van der Waals surface area (Å²) in [5, 5.41) is 8.26. The number of carbonyl (C=O) groups excluding carboxylic acids is 1. The second-order valence-corrected chi connectivity index (χ2v) is 4.48. The molecule has 0 spiro atoms. The van der Waals surface area contributed by atoms with Crippen molar-refractivity contribution in [3.63, 3.8) is 0 Å². The second-order valence-electron chi connectivity index (χ2n) is 4.48. The van der Waals surface area contributed by atoms with Crippen LogP contribution in [0.15, 0.2) is 18.5 Å². The molecule has 2 heterocycles. The van der Waals surface area contributed by atoms with Gasteiger partial charge in [-0.3, -0.25) is 14.2 Å². The summed E-state index contributed by atoms with van der Waals surface area (Å²) in [6.07, 6.45) is 3.66. The summed E-state index contributed by atoms with van der Waals surface area (Å²) >= 11 is 0. The first kappa shape index (κ1) is 12.3. The zero-order valence-electron chi connectivity index (χ0n) is 11.1. The standard InChI is InChI=1S/C12H17N5O/c1-9-5-11(17(4)14-9)12(18)15(2)7-10-6-13-16(3)8-10/h5-6,8H,7H2,1-4H3. The Hall–Kier alpha value is -2.11. The maximum atomic E-state index is 12.2. The molecule has 1 amide bonds. The zero-order valence-corrected chi connectivity index (χ0v) is 11.1. The molecule has 0 aliphatic carbocycles. The van der Waals surface area contributed by atoms with E-state index < -0.39 is 0 Å². The average molecular weight is 247 g/mol. The van der Waals surface area contributed by atoms with Crippen LogP contribution in [-0.2, 0) is 20.6 Å². The highest BCUT2D eigenvalue weighted by Gasteiger charge is 2.16.